The monoisotopic (exact) mass is 256 g/mol. The second-order valence-corrected chi connectivity index (χ2v) is 4.58. The van der Waals surface area contributed by atoms with Crippen LogP contribution in [0.5, 0.6) is 0 Å². The molecule has 2 nitrogen and oxygen atoms in total. The number of halogens is 1. The molecule has 1 aliphatic heterocycles. The van der Waals surface area contributed by atoms with Crippen molar-refractivity contribution in [2.24, 2.45) is 0 Å². The standard InChI is InChI=1S/C11H17BrN2/c1-3-11-13-9(7-12)10-6-4-5-8(2)14(10)11/h8H,3-7H2,1-2H3. The number of alkyl halides is 1. The van der Waals surface area contributed by atoms with Crippen molar-refractivity contribution < 1.29 is 0 Å². The molecule has 1 aromatic heterocycles. The molecule has 14 heavy (non-hydrogen) atoms. The highest BCUT2D eigenvalue weighted by Gasteiger charge is 2.22. The van der Waals surface area contributed by atoms with Crippen LogP contribution >= 0.6 is 15.9 Å². The van der Waals surface area contributed by atoms with Crippen LogP contribution in [-0.2, 0) is 18.2 Å². The highest BCUT2D eigenvalue weighted by molar-refractivity contribution is 9.08. The van der Waals surface area contributed by atoms with Crippen molar-refractivity contribution in [2.45, 2.75) is 50.9 Å². The summed E-state index contributed by atoms with van der Waals surface area (Å²) in [6, 6.07) is 0.647. The van der Waals surface area contributed by atoms with Crippen molar-refractivity contribution in [3.63, 3.8) is 0 Å². The van der Waals surface area contributed by atoms with Gasteiger partial charge < -0.3 is 4.57 Å². The first-order valence-electron chi connectivity index (χ1n) is 5.42. The lowest BCUT2D eigenvalue weighted by Gasteiger charge is -2.24. The number of rotatable bonds is 2. The highest BCUT2D eigenvalue weighted by Crippen LogP contribution is 2.29. The molecule has 0 bridgehead atoms. The van der Waals surface area contributed by atoms with E-state index in [1.165, 1.54) is 36.5 Å². The molecule has 2 rings (SSSR count). The zero-order chi connectivity index (χ0) is 10.1. The van der Waals surface area contributed by atoms with E-state index >= 15 is 0 Å². The molecule has 0 spiro atoms. The molecular formula is C11H17BrN2. The number of nitrogens with zero attached hydrogens (tertiary/aromatic N) is 2. The molecule has 2 heterocycles. The summed E-state index contributed by atoms with van der Waals surface area (Å²) < 4.78 is 2.46. The smallest absolute Gasteiger partial charge is 0.109 e. The van der Waals surface area contributed by atoms with E-state index in [1.807, 2.05) is 0 Å². The van der Waals surface area contributed by atoms with Crippen molar-refractivity contribution in [3.8, 4) is 0 Å². The summed E-state index contributed by atoms with van der Waals surface area (Å²) >= 11 is 3.52. The average molecular weight is 257 g/mol. The Morgan fingerprint density at radius 1 is 1.57 bits per heavy atom. The summed E-state index contributed by atoms with van der Waals surface area (Å²) in [5.41, 5.74) is 2.73. The lowest BCUT2D eigenvalue weighted by molar-refractivity contribution is 0.419. The van der Waals surface area contributed by atoms with E-state index in [1.54, 1.807) is 0 Å². The fourth-order valence-electron chi connectivity index (χ4n) is 2.40. The molecule has 3 heteroatoms. The molecule has 1 aliphatic rings. The van der Waals surface area contributed by atoms with Crippen molar-refractivity contribution >= 4 is 15.9 Å². The Labute approximate surface area is 93.9 Å². The molecule has 0 N–H and O–H groups in total. The molecule has 0 fully saturated rings. The largest absolute Gasteiger partial charge is 0.329 e. The maximum absolute atomic E-state index is 4.70. The van der Waals surface area contributed by atoms with Crippen LogP contribution in [0.4, 0.5) is 0 Å². The Morgan fingerprint density at radius 3 is 3.00 bits per heavy atom. The SMILES string of the molecule is CCc1nc(CBr)c2n1C(C)CCC2. The van der Waals surface area contributed by atoms with Gasteiger partial charge in [-0.2, -0.15) is 0 Å². The topological polar surface area (TPSA) is 17.8 Å². The van der Waals surface area contributed by atoms with Gasteiger partial charge in [-0.3, -0.25) is 0 Å². The third-order valence-electron chi connectivity index (χ3n) is 3.09. The quantitative estimate of drug-likeness (QED) is 0.744. The molecule has 1 atom stereocenters. The van der Waals surface area contributed by atoms with Crippen LogP contribution in [0.2, 0.25) is 0 Å². The minimum absolute atomic E-state index is 0.647. The van der Waals surface area contributed by atoms with Gasteiger partial charge in [0.05, 0.1) is 5.69 Å². The Hall–Kier alpha value is -0.310. The summed E-state index contributed by atoms with van der Waals surface area (Å²) in [5, 5.41) is 0.898. The molecule has 0 aromatic carbocycles. The first-order chi connectivity index (χ1) is 6.77. The van der Waals surface area contributed by atoms with Crippen molar-refractivity contribution in [3.05, 3.63) is 17.2 Å². The fraction of sp³-hybridized carbons (Fsp3) is 0.727. The molecule has 1 unspecified atom stereocenters. The molecule has 0 amide bonds. The number of aryl methyl sites for hydroxylation is 1. The predicted octanol–water partition coefficient (Wildman–Crippen LogP) is 3.24. The molecule has 0 saturated heterocycles. The number of hydrogen-bond donors (Lipinski definition) is 0. The molecule has 0 aliphatic carbocycles. The summed E-state index contributed by atoms with van der Waals surface area (Å²) in [7, 11) is 0. The number of fused-ring (bicyclic) bond motifs is 1. The van der Waals surface area contributed by atoms with Gasteiger partial charge in [-0.05, 0) is 26.2 Å². The minimum Gasteiger partial charge on any atom is -0.329 e. The van der Waals surface area contributed by atoms with Gasteiger partial charge in [-0.15, -0.1) is 0 Å². The zero-order valence-corrected chi connectivity index (χ0v) is 10.5. The lowest BCUT2D eigenvalue weighted by atomic mass is 10.0. The lowest BCUT2D eigenvalue weighted by Crippen LogP contribution is -2.17. The normalized spacial score (nSPS) is 20.9. The molecular weight excluding hydrogens is 240 g/mol. The first kappa shape index (κ1) is 10.2. The van der Waals surface area contributed by atoms with E-state index in [0.717, 1.165) is 11.8 Å². The van der Waals surface area contributed by atoms with E-state index in [2.05, 4.69) is 34.3 Å². The van der Waals surface area contributed by atoms with Gasteiger partial charge in [0, 0.05) is 23.5 Å². The third-order valence-corrected chi connectivity index (χ3v) is 3.62. The van der Waals surface area contributed by atoms with Gasteiger partial charge in [-0.1, -0.05) is 22.9 Å². The summed E-state index contributed by atoms with van der Waals surface area (Å²) in [5.74, 6) is 1.27. The van der Waals surface area contributed by atoms with E-state index in [4.69, 9.17) is 4.98 Å². The molecule has 78 valence electrons. The second-order valence-electron chi connectivity index (χ2n) is 4.02. The Morgan fingerprint density at radius 2 is 2.36 bits per heavy atom. The van der Waals surface area contributed by atoms with Crippen molar-refractivity contribution in [1.29, 1.82) is 0 Å². The van der Waals surface area contributed by atoms with Crippen LogP contribution in [0.15, 0.2) is 0 Å². The van der Waals surface area contributed by atoms with Crippen LogP contribution in [0, 0.1) is 0 Å². The molecule has 0 saturated carbocycles. The number of hydrogen-bond acceptors (Lipinski definition) is 1. The zero-order valence-electron chi connectivity index (χ0n) is 8.89. The van der Waals surface area contributed by atoms with Gasteiger partial charge >= 0.3 is 0 Å². The molecule has 0 radical (unpaired) electrons. The van der Waals surface area contributed by atoms with Crippen LogP contribution < -0.4 is 0 Å². The van der Waals surface area contributed by atoms with Gasteiger partial charge in [-0.25, -0.2) is 4.98 Å². The third kappa shape index (κ3) is 1.52. The van der Waals surface area contributed by atoms with E-state index in [-0.39, 0.29) is 0 Å². The van der Waals surface area contributed by atoms with Crippen LogP contribution in [-0.4, -0.2) is 9.55 Å². The van der Waals surface area contributed by atoms with Gasteiger partial charge in [0.15, 0.2) is 0 Å². The van der Waals surface area contributed by atoms with E-state index < -0.39 is 0 Å². The minimum atomic E-state index is 0.647. The van der Waals surface area contributed by atoms with Crippen LogP contribution in [0.1, 0.15) is 49.9 Å². The molecule has 1 aromatic rings. The van der Waals surface area contributed by atoms with Gasteiger partial charge in [0.1, 0.15) is 5.82 Å². The maximum Gasteiger partial charge on any atom is 0.109 e. The van der Waals surface area contributed by atoms with E-state index in [0.29, 0.717) is 6.04 Å². The highest BCUT2D eigenvalue weighted by atomic mass is 79.9. The Kier molecular flexibility index (Phi) is 2.96. The fourth-order valence-corrected chi connectivity index (χ4v) is 2.85. The van der Waals surface area contributed by atoms with Crippen LogP contribution in [0.3, 0.4) is 0 Å². The van der Waals surface area contributed by atoms with Crippen molar-refractivity contribution in [2.75, 3.05) is 0 Å². The number of aromatic nitrogens is 2. The van der Waals surface area contributed by atoms with E-state index in [9.17, 15) is 0 Å². The maximum atomic E-state index is 4.70. The van der Waals surface area contributed by atoms with Crippen LogP contribution in [0.25, 0.3) is 0 Å². The van der Waals surface area contributed by atoms with Gasteiger partial charge in [0.2, 0.25) is 0 Å². The summed E-state index contributed by atoms with van der Waals surface area (Å²) in [4.78, 5) is 4.70. The first-order valence-corrected chi connectivity index (χ1v) is 6.54. The Balaban J connectivity index is 2.50. The second kappa shape index (κ2) is 4.05. The van der Waals surface area contributed by atoms with Crippen molar-refractivity contribution in [1.82, 2.24) is 9.55 Å². The van der Waals surface area contributed by atoms with Gasteiger partial charge in [0.25, 0.3) is 0 Å². The average Bonchev–Trinajstić information content (AvgIpc) is 2.57. The summed E-state index contributed by atoms with van der Waals surface area (Å²) in [6.07, 6.45) is 4.87. The number of imidazole rings is 1. The Bertz CT molecular complexity index is 330. The summed E-state index contributed by atoms with van der Waals surface area (Å²) in [6.45, 7) is 4.50. The predicted molar refractivity (Wildman–Crippen MR) is 61.9 cm³/mol.